The fourth-order valence-corrected chi connectivity index (χ4v) is 0.603. The van der Waals surface area contributed by atoms with Gasteiger partial charge in [0.1, 0.15) is 5.76 Å². The van der Waals surface area contributed by atoms with E-state index in [9.17, 15) is 0 Å². The van der Waals surface area contributed by atoms with Gasteiger partial charge in [-0.05, 0) is 25.8 Å². The van der Waals surface area contributed by atoms with Crippen molar-refractivity contribution in [3.63, 3.8) is 0 Å². The summed E-state index contributed by atoms with van der Waals surface area (Å²) in [5, 5.41) is 0. The molecule has 0 unspecified atom stereocenters. The number of hydrogen-bond donors (Lipinski definition) is 0. The third kappa shape index (κ3) is 3.81. The predicted octanol–water partition coefficient (Wildman–Crippen LogP) is 2.76. The van der Waals surface area contributed by atoms with Crippen LogP contribution in [0.5, 0.6) is 0 Å². The number of aliphatic imine (C=N–C) groups is 1. The van der Waals surface area contributed by atoms with E-state index in [-0.39, 0.29) is 0 Å². The second kappa shape index (κ2) is 4.94. The summed E-state index contributed by atoms with van der Waals surface area (Å²) in [5.41, 5.74) is 1.27. The van der Waals surface area contributed by atoms with E-state index in [0.717, 1.165) is 18.1 Å². The molecule has 0 aliphatic rings. The minimum absolute atomic E-state index is 0.718. The standard InChI is InChI=1S/C9H17NO/c1-6-7(2)8(3)11-9(4)10-5/h6H2,1-5H3/b8-7-,10-9?. The van der Waals surface area contributed by atoms with Gasteiger partial charge in [-0.15, -0.1) is 0 Å². The lowest BCUT2D eigenvalue weighted by atomic mass is 10.2. The highest BCUT2D eigenvalue weighted by molar-refractivity contribution is 5.74. The van der Waals surface area contributed by atoms with Gasteiger partial charge in [-0.3, -0.25) is 4.99 Å². The van der Waals surface area contributed by atoms with Crippen molar-refractivity contribution in [1.82, 2.24) is 0 Å². The highest BCUT2D eigenvalue weighted by atomic mass is 16.5. The molecule has 11 heavy (non-hydrogen) atoms. The van der Waals surface area contributed by atoms with Gasteiger partial charge in [-0.2, -0.15) is 0 Å². The number of ether oxygens (including phenoxy) is 1. The maximum atomic E-state index is 5.38. The Labute approximate surface area is 69.0 Å². The number of rotatable bonds is 2. The van der Waals surface area contributed by atoms with Crippen molar-refractivity contribution in [2.75, 3.05) is 7.05 Å². The molecule has 0 aromatic carbocycles. The average Bonchev–Trinajstić information content (AvgIpc) is 2.02. The summed E-state index contributed by atoms with van der Waals surface area (Å²) in [6, 6.07) is 0. The van der Waals surface area contributed by atoms with Crippen LogP contribution in [-0.2, 0) is 4.74 Å². The normalized spacial score (nSPS) is 14.5. The minimum atomic E-state index is 0.718. The molecular weight excluding hydrogens is 138 g/mol. The largest absolute Gasteiger partial charge is 0.448 e. The van der Waals surface area contributed by atoms with Gasteiger partial charge in [0.15, 0.2) is 5.90 Å². The zero-order valence-electron chi connectivity index (χ0n) is 8.06. The number of hydrogen-bond acceptors (Lipinski definition) is 2. The van der Waals surface area contributed by atoms with Gasteiger partial charge >= 0.3 is 0 Å². The van der Waals surface area contributed by atoms with Crippen molar-refractivity contribution >= 4 is 5.90 Å². The molecule has 0 heterocycles. The zero-order chi connectivity index (χ0) is 8.85. The van der Waals surface area contributed by atoms with Crippen LogP contribution in [0.4, 0.5) is 0 Å². The van der Waals surface area contributed by atoms with Crippen molar-refractivity contribution in [3.05, 3.63) is 11.3 Å². The molecule has 2 nitrogen and oxygen atoms in total. The first-order valence-electron chi connectivity index (χ1n) is 3.89. The topological polar surface area (TPSA) is 21.6 Å². The minimum Gasteiger partial charge on any atom is -0.448 e. The summed E-state index contributed by atoms with van der Waals surface area (Å²) in [4.78, 5) is 3.91. The monoisotopic (exact) mass is 155 g/mol. The molecular formula is C9H17NO. The van der Waals surface area contributed by atoms with Crippen LogP contribution in [0, 0.1) is 0 Å². The summed E-state index contributed by atoms with van der Waals surface area (Å²) in [5.74, 6) is 1.69. The van der Waals surface area contributed by atoms with Gasteiger partial charge < -0.3 is 4.74 Å². The molecule has 0 aromatic rings. The van der Waals surface area contributed by atoms with E-state index < -0.39 is 0 Å². The maximum absolute atomic E-state index is 5.38. The Morgan fingerprint density at radius 1 is 1.27 bits per heavy atom. The Bertz CT molecular complexity index is 180. The van der Waals surface area contributed by atoms with Crippen LogP contribution < -0.4 is 0 Å². The summed E-state index contributed by atoms with van der Waals surface area (Å²) >= 11 is 0. The highest BCUT2D eigenvalue weighted by Crippen LogP contribution is 2.08. The smallest absolute Gasteiger partial charge is 0.186 e. The fourth-order valence-electron chi connectivity index (χ4n) is 0.603. The molecule has 0 fully saturated rings. The maximum Gasteiger partial charge on any atom is 0.186 e. The van der Waals surface area contributed by atoms with E-state index in [2.05, 4.69) is 18.8 Å². The van der Waals surface area contributed by atoms with Crippen molar-refractivity contribution < 1.29 is 4.74 Å². The number of allylic oxidation sites excluding steroid dienone is 2. The van der Waals surface area contributed by atoms with Crippen molar-refractivity contribution in [1.29, 1.82) is 0 Å². The van der Waals surface area contributed by atoms with E-state index in [1.165, 1.54) is 5.57 Å². The molecule has 0 saturated heterocycles. The first-order chi connectivity index (χ1) is 5.11. The quantitative estimate of drug-likeness (QED) is 0.341. The Morgan fingerprint density at radius 3 is 2.18 bits per heavy atom. The van der Waals surface area contributed by atoms with E-state index in [1.807, 2.05) is 13.8 Å². The molecule has 2 heteroatoms. The fraction of sp³-hybridized carbons (Fsp3) is 0.667. The Kier molecular flexibility index (Phi) is 4.59. The molecule has 0 radical (unpaired) electrons. The number of nitrogens with zero attached hydrogens (tertiary/aromatic N) is 1. The average molecular weight is 155 g/mol. The lowest BCUT2D eigenvalue weighted by Gasteiger charge is -2.06. The Morgan fingerprint density at radius 2 is 1.82 bits per heavy atom. The van der Waals surface area contributed by atoms with Crippen LogP contribution in [0.1, 0.15) is 34.1 Å². The summed E-state index contributed by atoms with van der Waals surface area (Å²) in [6.07, 6.45) is 1.03. The third-order valence-corrected chi connectivity index (χ3v) is 1.75. The van der Waals surface area contributed by atoms with Crippen molar-refractivity contribution in [3.8, 4) is 0 Å². The van der Waals surface area contributed by atoms with Gasteiger partial charge in [-0.25, -0.2) is 0 Å². The van der Waals surface area contributed by atoms with Crippen LogP contribution in [0.15, 0.2) is 16.3 Å². The van der Waals surface area contributed by atoms with Crippen molar-refractivity contribution in [2.24, 2.45) is 4.99 Å². The molecule has 0 spiro atoms. The van der Waals surface area contributed by atoms with Crippen LogP contribution in [0.3, 0.4) is 0 Å². The van der Waals surface area contributed by atoms with E-state index in [1.54, 1.807) is 7.05 Å². The molecule has 0 bridgehead atoms. The Hall–Kier alpha value is -0.790. The molecule has 0 aliphatic carbocycles. The van der Waals surface area contributed by atoms with Crippen LogP contribution in [0.2, 0.25) is 0 Å². The third-order valence-electron chi connectivity index (χ3n) is 1.75. The first kappa shape index (κ1) is 10.2. The molecule has 0 aromatic heterocycles. The van der Waals surface area contributed by atoms with Crippen LogP contribution in [-0.4, -0.2) is 12.9 Å². The molecule has 64 valence electrons. The van der Waals surface area contributed by atoms with Crippen LogP contribution >= 0.6 is 0 Å². The van der Waals surface area contributed by atoms with Gasteiger partial charge in [0.25, 0.3) is 0 Å². The highest BCUT2D eigenvalue weighted by Gasteiger charge is 1.96. The SMILES string of the molecule is CC/C(C)=C(/C)OC(C)=NC. The molecule has 0 aliphatic heterocycles. The van der Waals surface area contributed by atoms with Gasteiger partial charge in [0.05, 0.1) is 0 Å². The van der Waals surface area contributed by atoms with E-state index in [0.29, 0.717) is 0 Å². The second-order valence-corrected chi connectivity index (χ2v) is 2.53. The molecule has 0 amide bonds. The lowest BCUT2D eigenvalue weighted by molar-refractivity contribution is 0.404. The first-order valence-corrected chi connectivity index (χ1v) is 3.89. The van der Waals surface area contributed by atoms with Gasteiger partial charge in [0, 0.05) is 14.0 Å². The summed E-state index contributed by atoms with van der Waals surface area (Å²) < 4.78 is 5.38. The van der Waals surface area contributed by atoms with Crippen LogP contribution in [0.25, 0.3) is 0 Å². The molecule has 0 N–H and O–H groups in total. The summed E-state index contributed by atoms with van der Waals surface area (Å²) in [6.45, 7) is 8.00. The Balaban J connectivity index is 4.16. The predicted molar refractivity (Wildman–Crippen MR) is 48.8 cm³/mol. The van der Waals surface area contributed by atoms with E-state index >= 15 is 0 Å². The lowest BCUT2D eigenvalue weighted by Crippen LogP contribution is -1.98. The zero-order valence-corrected chi connectivity index (χ0v) is 8.06. The molecule has 0 saturated carbocycles. The molecule has 0 atom stereocenters. The van der Waals surface area contributed by atoms with Gasteiger partial charge in [0.2, 0.25) is 0 Å². The molecule has 0 rings (SSSR count). The van der Waals surface area contributed by atoms with Gasteiger partial charge in [-0.1, -0.05) is 6.92 Å². The summed E-state index contributed by atoms with van der Waals surface area (Å²) in [7, 11) is 1.73. The second-order valence-electron chi connectivity index (χ2n) is 2.53. The van der Waals surface area contributed by atoms with E-state index in [4.69, 9.17) is 4.74 Å². The van der Waals surface area contributed by atoms with Crippen molar-refractivity contribution in [2.45, 2.75) is 34.1 Å².